The molecular formula is C16H21ClF3N. The molecule has 0 atom stereocenters. The standard InChI is InChI=1S/C16H21ClF3N/c1-2-3-8-21-9-6-12(7-10-21)13-4-5-15(17)14(11-13)16(18,19)20/h4-5,11-12H,2-3,6-10H2,1H3. The maximum Gasteiger partial charge on any atom is 0.417 e. The molecule has 21 heavy (non-hydrogen) atoms. The maximum absolute atomic E-state index is 12.9. The van der Waals surface area contributed by atoms with Crippen molar-refractivity contribution < 1.29 is 13.2 Å². The number of likely N-dealkylation sites (tertiary alicyclic amines) is 1. The largest absolute Gasteiger partial charge is 0.417 e. The second-order valence-corrected chi connectivity index (χ2v) is 6.11. The van der Waals surface area contributed by atoms with Gasteiger partial charge in [0.2, 0.25) is 0 Å². The first-order valence-electron chi connectivity index (χ1n) is 7.50. The lowest BCUT2D eigenvalue weighted by Crippen LogP contribution is -2.33. The smallest absolute Gasteiger partial charge is 0.303 e. The van der Waals surface area contributed by atoms with Gasteiger partial charge in [0.1, 0.15) is 0 Å². The van der Waals surface area contributed by atoms with Gasteiger partial charge >= 0.3 is 6.18 Å². The summed E-state index contributed by atoms with van der Waals surface area (Å²) in [5, 5.41) is -0.216. The summed E-state index contributed by atoms with van der Waals surface area (Å²) in [4.78, 5) is 2.40. The van der Waals surface area contributed by atoms with Gasteiger partial charge in [-0.2, -0.15) is 13.2 Å². The molecule has 1 aliphatic rings. The molecule has 0 bridgehead atoms. The molecule has 0 aliphatic carbocycles. The average Bonchev–Trinajstić information content (AvgIpc) is 2.45. The number of piperidine rings is 1. The minimum absolute atomic E-state index is 0.209. The third-order valence-corrected chi connectivity index (χ3v) is 4.51. The van der Waals surface area contributed by atoms with Crippen LogP contribution in [-0.2, 0) is 6.18 Å². The van der Waals surface area contributed by atoms with Crippen LogP contribution in [0.3, 0.4) is 0 Å². The van der Waals surface area contributed by atoms with E-state index in [0.717, 1.165) is 38.0 Å². The van der Waals surface area contributed by atoms with E-state index in [1.807, 2.05) is 0 Å². The van der Waals surface area contributed by atoms with Gasteiger partial charge in [-0.05, 0) is 62.5 Å². The molecule has 1 heterocycles. The minimum atomic E-state index is -4.38. The normalized spacial score (nSPS) is 18.1. The SMILES string of the molecule is CCCCN1CCC(c2ccc(Cl)c(C(F)(F)F)c2)CC1. The molecule has 1 saturated heterocycles. The van der Waals surface area contributed by atoms with Crippen molar-refractivity contribution in [1.82, 2.24) is 4.90 Å². The molecule has 1 aliphatic heterocycles. The molecular weight excluding hydrogens is 299 g/mol. The molecule has 0 aromatic heterocycles. The summed E-state index contributed by atoms with van der Waals surface area (Å²) in [6, 6.07) is 4.35. The molecule has 2 rings (SSSR count). The third-order valence-electron chi connectivity index (χ3n) is 4.18. The van der Waals surface area contributed by atoms with Crippen LogP contribution in [-0.4, -0.2) is 24.5 Å². The number of halogens is 4. The number of nitrogens with zero attached hydrogens (tertiary/aromatic N) is 1. The van der Waals surface area contributed by atoms with Gasteiger partial charge in [-0.3, -0.25) is 0 Å². The van der Waals surface area contributed by atoms with Gasteiger partial charge in [0.15, 0.2) is 0 Å². The van der Waals surface area contributed by atoms with Gasteiger partial charge in [0, 0.05) is 0 Å². The summed E-state index contributed by atoms with van der Waals surface area (Å²) in [6.07, 6.45) is -0.184. The topological polar surface area (TPSA) is 3.24 Å². The highest BCUT2D eigenvalue weighted by molar-refractivity contribution is 6.31. The Morgan fingerprint density at radius 3 is 2.48 bits per heavy atom. The van der Waals surface area contributed by atoms with Gasteiger partial charge in [0.25, 0.3) is 0 Å². The first-order chi connectivity index (χ1) is 9.91. The molecule has 0 N–H and O–H groups in total. The number of alkyl halides is 3. The van der Waals surface area contributed by atoms with E-state index in [1.165, 1.54) is 25.0 Å². The Morgan fingerprint density at radius 2 is 1.90 bits per heavy atom. The van der Waals surface area contributed by atoms with Crippen molar-refractivity contribution in [3.8, 4) is 0 Å². The Morgan fingerprint density at radius 1 is 1.24 bits per heavy atom. The first-order valence-corrected chi connectivity index (χ1v) is 7.88. The Bertz CT molecular complexity index is 465. The Balaban J connectivity index is 2.04. The predicted molar refractivity (Wildman–Crippen MR) is 79.8 cm³/mol. The predicted octanol–water partition coefficient (Wildman–Crippen LogP) is 5.34. The Kier molecular flexibility index (Phi) is 5.55. The summed E-state index contributed by atoms with van der Waals surface area (Å²) in [6.45, 7) is 5.19. The van der Waals surface area contributed by atoms with E-state index in [9.17, 15) is 13.2 Å². The van der Waals surface area contributed by atoms with E-state index in [2.05, 4.69) is 11.8 Å². The summed E-state index contributed by atoms with van der Waals surface area (Å²) in [5.74, 6) is 0.209. The summed E-state index contributed by atoms with van der Waals surface area (Å²) in [7, 11) is 0. The highest BCUT2D eigenvalue weighted by Crippen LogP contribution is 2.38. The van der Waals surface area contributed by atoms with Crippen molar-refractivity contribution in [2.24, 2.45) is 0 Å². The van der Waals surface area contributed by atoms with E-state index in [-0.39, 0.29) is 10.9 Å². The van der Waals surface area contributed by atoms with Gasteiger partial charge in [-0.25, -0.2) is 0 Å². The van der Waals surface area contributed by atoms with E-state index in [0.29, 0.717) is 0 Å². The maximum atomic E-state index is 12.9. The Labute approximate surface area is 129 Å². The molecule has 0 radical (unpaired) electrons. The third kappa shape index (κ3) is 4.36. The van der Waals surface area contributed by atoms with Crippen molar-refractivity contribution in [1.29, 1.82) is 0 Å². The van der Waals surface area contributed by atoms with E-state index >= 15 is 0 Å². The Hall–Kier alpha value is -0.740. The minimum Gasteiger partial charge on any atom is -0.303 e. The lowest BCUT2D eigenvalue weighted by Gasteiger charge is -2.32. The van der Waals surface area contributed by atoms with Crippen LogP contribution < -0.4 is 0 Å². The summed E-state index contributed by atoms with van der Waals surface area (Å²) < 4.78 is 38.7. The zero-order valence-corrected chi connectivity index (χ0v) is 13.0. The lowest BCUT2D eigenvalue weighted by atomic mass is 9.88. The van der Waals surface area contributed by atoms with Crippen molar-refractivity contribution in [3.05, 3.63) is 34.3 Å². The lowest BCUT2D eigenvalue weighted by molar-refractivity contribution is -0.137. The second-order valence-electron chi connectivity index (χ2n) is 5.71. The molecule has 1 aromatic rings. The fraction of sp³-hybridized carbons (Fsp3) is 0.625. The van der Waals surface area contributed by atoms with Crippen LogP contribution in [0.15, 0.2) is 18.2 Å². The fourth-order valence-electron chi connectivity index (χ4n) is 2.89. The second kappa shape index (κ2) is 7.01. The highest BCUT2D eigenvalue weighted by Gasteiger charge is 2.34. The van der Waals surface area contributed by atoms with Crippen LogP contribution in [0.4, 0.5) is 13.2 Å². The zero-order chi connectivity index (χ0) is 15.5. The molecule has 118 valence electrons. The molecule has 0 unspecified atom stereocenters. The van der Waals surface area contributed by atoms with E-state index < -0.39 is 11.7 Å². The molecule has 0 spiro atoms. The van der Waals surface area contributed by atoms with Gasteiger partial charge in [-0.1, -0.05) is 31.0 Å². The number of unbranched alkanes of at least 4 members (excludes halogenated alkanes) is 1. The van der Waals surface area contributed by atoms with E-state index in [4.69, 9.17) is 11.6 Å². The quantitative estimate of drug-likeness (QED) is 0.724. The van der Waals surface area contributed by atoms with Crippen molar-refractivity contribution in [3.63, 3.8) is 0 Å². The van der Waals surface area contributed by atoms with Crippen molar-refractivity contribution >= 4 is 11.6 Å². The molecule has 5 heteroatoms. The number of rotatable bonds is 4. The first kappa shape index (κ1) is 16.6. The monoisotopic (exact) mass is 319 g/mol. The summed E-state index contributed by atoms with van der Waals surface area (Å²) in [5.41, 5.74) is 0.0527. The van der Waals surface area contributed by atoms with Crippen molar-refractivity contribution in [2.45, 2.75) is 44.7 Å². The molecule has 0 saturated carbocycles. The van der Waals surface area contributed by atoms with Crippen LogP contribution in [0.1, 0.15) is 49.7 Å². The van der Waals surface area contributed by atoms with Crippen LogP contribution >= 0.6 is 11.6 Å². The van der Waals surface area contributed by atoms with E-state index in [1.54, 1.807) is 6.07 Å². The van der Waals surface area contributed by atoms with Gasteiger partial charge in [-0.15, -0.1) is 0 Å². The number of benzene rings is 1. The van der Waals surface area contributed by atoms with Crippen LogP contribution in [0, 0.1) is 0 Å². The van der Waals surface area contributed by atoms with Crippen LogP contribution in [0.25, 0.3) is 0 Å². The molecule has 1 nitrogen and oxygen atoms in total. The van der Waals surface area contributed by atoms with Crippen molar-refractivity contribution in [2.75, 3.05) is 19.6 Å². The van der Waals surface area contributed by atoms with Gasteiger partial charge < -0.3 is 4.90 Å². The fourth-order valence-corrected chi connectivity index (χ4v) is 3.11. The molecule has 0 amide bonds. The van der Waals surface area contributed by atoms with Crippen LogP contribution in [0.5, 0.6) is 0 Å². The highest BCUT2D eigenvalue weighted by atomic mass is 35.5. The summed E-state index contributed by atoms with van der Waals surface area (Å²) >= 11 is 5.67. The van der Waals surface area contributed by atoms with Gasteiger partial charge in [0.05, 0.1) is 10.6 Å². The molecule has 1 aromatic carbocycles. The zero-order valence-electron chi connectivity index (χ0n) is 12.2. The molecule has 1 fully saturated rings. The number of hydrogen-bond acceptors (Lipinski definition) is 1. The van der Waals surface area contributed by atoms with Crippen LogP contribution in [0.2, 0.25) is 5.02 Å². The number of hydrogen-bond donors (Lipinski definition) is 0. The average molecular weight is 320 g/mol.